The maximum atomic E-state index is 14.4. The molecule has 10 nitrogen and oxygen atoms in total. The molecule has 0 spiro atoms. The number of aromatic nitrogens is 3. The molecule has 1 saturated heterocycles. The van der Waals surface area contributed by atoms with Gasteiger partial charge in [-0.05, 0) is 49.6 Å². The molecule has 42 heavy (non-hydrogen) atoms. The number of nitrogens with zero attached hydrogens (tertiary/aromatic N) is 4. The van der Waals surface area contributed by atoms with Gasteiger partial charge in [0, 0.05) is 27.3 Å². The van der Waals surface area contributed by atoms with Gasteiger partial charge in [0.15, 0.2) is 23.6 Å². The van der Waals surface area contributed by atoms with Crippen LogP contribution in [0.5, 0.6) is 0 Å². The third-order valence-corrected chi connectivity index (χ3v) is 8.53. The quantitative estimate of drug-likeness (QED) is 0.317. The van der Waals surface area contributed by atoms with Crippen molar-refractivity contribution < 1.29 is 42.8 Å². The molecule has 15 heteroatoms. The third-order valence-electron chi connectivity index (χ3n) is 7.62. The summed E-state index contributed by atoms with van der Waals surface area (Å²) in [6.07, 6.45) is -3.12. The van der Waals surface area contributed by atoms with E-state index in [1.54, 1.807) is 18.2 Å². The molecule has 5 rings (SSSR count). The first-order valence-corrected chi connectivity index (χ1v) is 14.6. The zero-order valence-electron chi connectivity index (χ0n) is 22.1. The Morgan fingerprint density at radius 3 is 2.36 bits per heavy atom. The largest absolute Gasteiger partial charge is 0.394 e. The first kappa shape index (κ1) is 31.0. The molecule has 7 atom stereocenters. The molecule has 1 saturated carbocycles. The minimum absolute atomic E-state index is 0.0422. The van der Waals surface area contributed by atoms with Crippen LogP contribution in [-0.2, 0) is 14.3 Å². The lowest BCUT2D eigenvalue weighted by Gasteiger charge is -2.45. The van der Waals surface area contributed by atoms with Crippen LogP contribution >= 0.6 is 31.9 Å². The van der Waals surface area contributed by atoms with E-state index < -0.39 is 72.6 Å². The molecule has 2 fully saturated rings. The standard InChI is InChI=1S/C27H27Br2F3N4O6/c1-41-25-23(35-10-18(33-34-35)12-5-16(30)22(32)17(31)6-12)24(39)21(11-37)42-26(25)27(40)36(19-3-2-4-20(19)38)15-8-13(28)7-14(29)9-15/h5-10,19-21,23-26,37-39H,2-4,11H2,1H3/t19-,20-,21-,23+,24+,25-,26-/m1/s1. The zero-order chi connectivity index (χ0) is 30.3. The molecular formula is C27H27Br2F3N4O6. The van der Waals surface area contributed by atoms with E-state index in [9.17, 15) is 33.3 Å². The molecular weight excluding hydrogens is 693 g/mol. The first-order chi connectivity index (χ1) is 20.0. The number of hydrogen-bond donors (Lipinski definition) is 3. The number of aliphatic hydroxyl groups is 3. The summed E-state index contributed by atoms with van der Waals surface area (Å²) in [6.45, 7) is -0.664. The van der Waals surface area contributed by atoms with Crippen molar-refractivity contribution in [3.8, 4) is 11.3 Å². The first-order valence-electron chi connectivity index (χ1n) is 13.0. The number of carbonyl (C=O) groups is 1. The van der Waals surface area contributed by atoms with Crippen LogP contribution in [0.4, 0.5) is 18.9 Å². The van der Waals surface area contributed by atoms with Crippen molar-refractivity contribution in [2.24, 2.45) is 0 Å². The van der Waals surface area contributed by atoms with E-state index >= 15 is 0 Å². The Bertz CT molecular complexity index is 1420. The smallest absolute Gasteiger partial charge is 0.259 e. The lowest BCUT2D eigenvalue weighted by molar-refractivity contribution is -0.211. The fraction of sp³-hybridized carbons (Fsp3) is 0.444. The second-order valence-electron chi connectivity index (χ2n) is 10.2. The predicted molar refractivity (Wildman–Crippen MR) is 150 cm³/mol. The second kappa shape index (κ2) is 12.7. The minimum Gasteiger partial charge on any atom is -0.394 e. The van der Waals surface area contributed by atoms with Gasteiger partial charge in [0.1, 0.15) is 30.0 Å². The Morgan fingerprint density at radius 1 is 1.12 bits per heavy atom. The van der Waals surface area contributed by atoms with E-state index in [1.807, 2.05) is 0 Å². The molecule has 1 aromatic heterocycles. The Morgan fingerprint density at radius 2 is 1.79 bits per heavy atom. The summed E-state index contributed by atoms with van der Waals surface area (Å²) in [6, 6.07) is 5.00. The van der Waals surface area contributed by atoms with Gasteiger partial charge in [-0.15, -0.1) is 5.10 Å². The van der Waals surface area contributed by atoms with Gasteiger partial charge < -0.3 is 29.7 Å². The summed E-state index contributed by atoms with van der Waals surface area (Å²) in [5.74, 6) is -5.05. The fourth-order valence-electron chi connectivity index (χ4n) is 5.64. The van der Waals surface area contributed by atoms with E-state index in [-0.39, 0.29) is 11.3 Å². The maximum absolute atomic E-state index is 14.4. The molecule has 1 aliphatic carbocycles. The second-order valence-corrected chi connectivity index (χ2v) is 12.0. The summed E-state index contributed by atoms with van der Waals surface area (Å²) in [7, 11) is 1.31. The van der Waals surface area contributed by atoms with Gasteiger partial charge in [0.25, 0.3) is 5.91 Å². The molecule has 1 amide bonds. The maximum Gasteiger partial charge on any atom is 0.259 e. The van der Waals surface area contributed by atoms with Crippen LogP contribution in [0.1, 0.15) is 25.3 Å². The SMILES string of the molecule is CO[C@@H]1[C@@H](n2cc(-c3cc(F)c(F)c(F)c3)nn2)[C@@H](O)[C@@H](CO)O[C@H]1C(=O)N(c1cc(Br)cc(Br)c1)[C@@H]1CCC[C@H]1O. The molecule has 2 heterocycles. The Labute approximate surface area is 255 Å². The molecule has 226 valence electrons. The number of anilines is 1. The Hall–Kier alpha value is -2.40. The van der Waals surface area contributed by atoms with Crippen LogP contribution in [-0.4, -0.2) is 86.5 Å². The summed E-state index contributed by atoms with van der Waals surface area (Å²) in [5.41, 5.74) is 0.317. The molecule has 2 aliphatic rings. The van der Waals surface area contributed by atoms with Crippen molar-refractivity contribution in [3.05, 3.63) is 62.9 Å². The van der Waals surface area contributed by atoms with Gasteiger partial charge in [-0.2, -0.15) is 0 Å². The van der Waals surface area contributed by atoms with Gasteiger partial charge >= 0.3 is 0 Å². The summed E-state index contributed by atoms with van der Waals surface area (Å²) in [4.78, 5) is 15.8. The number of carbonyl (C=O) groups excluding carboxylic acids is 1. The lowest BCUT2D eigenvalue weighted by atomic mass is 9.91. The predicted octanol–water partition coefficient (Wildman–Crippen LogP) is 3.51. The van der Waals surface area contributed by atoms with Crippen LogP contribution in [0.15, 0.2) is 45.5 Å². The van der Waals surface area contributed by atoms with Crippen LogP contribution in [0, 0.1) is 17.5 Å². The lowest BCUT2D eigenvalue weighted by Crippen LogP contribution is -2.62. The number of benzene rings is 2. The van der Waals surface area contributed by atoms with Crippen LogP contribution in [0.25, 0.3) is 11.3 Å². The Kier molecular flexibility index (Phi) is 9.37. The molecule has 0 bridgehead atoms. The van der Waals surface area contributed by atoms with Crippen molar-refractivity contribution in [2.45, 2.75) is 61.9 Å². The highest BCUT2D eigenvalue weighted by Gasteiger charge is 2.52. The van der Waals surface area contributed by atoms with Crippen molar-refractivity contribution >= 4 is 43.5 Å². The summed E-state index contributed by atoms with van der Waals surface area (Å²) in [5, 5.41) is 40.0. The van der Waals surface area contributed by atoms with Crippen LogP contribution in [0.2, 0.25) is 0 Å². The minimum atomic E-state index is -1.63. The van der Waals surface area contributed by atoms with Crippen molar-refractivity contribution in [3.63, 3.8) is 0 Å². The number of methoxy groups -OCH3 is 1. The van der Waals surface area contributed by atoms with E-state index in [0.29, 0.717) is 33.9 Å². The fourth-order valence-corrected chi connectivity index (χ4v) is 6.91. The highest BCUT2D eigenvalue weighted by atomic mass is 79.9. The van der Waals surface area contributed by atoms with Crippen LogP contribution in [0.3, 0.4) is 0 Å². The summed E-state index contributed by atoms with van der Waals surface area (Å²) >= 11 is 6.88. The van der Waals surface area contributed by atoms with Crippen molar-refractivity contribution in [1.29, 1.82) is 0 Å². The average molecular weight is 720 g/mol. The topological polar surface area (TPSA) is 130 Å². The normalized spacial score (nSPS) is 27.8. The third kappa shape index (κ3) is 5.87. The number of halogens is 5. The number of amides is 1. The van der Waals surface area contributed by atoms with Gasteiger partial charge in [-0.25, -0.2) is 17.9 Å². The molecule has 3 N–H and O–H groups in total. The van der Waals surface area contributed by atoms with Crippen molar-refractivity contribution in [2.75, 3.05) is 18.6 Å². The van der Waals surface area contributed by atoms with Gasteiger partial charge in [0.2, 0.25) is 0 Å². The Balaban J connectivity index is 1.54. The van der Waals surface area contributed by atoms with Crippen LogP contribution < -0.4 is 4.90 Å². The highest BCUT2D eigenvalue weighted by Crippen LogP contribution is 2.38. The number of rotatable bonds is 7. The van der Waals surface area contributed by atoms with E-state index in [1.165, 1.54) is 18.2 Å². The highest BCUT2D eigenvalue weighted by molar-refractivity contribution is 9.11. The summed E-state index contributed by atoms with van der Waals surface area (Å²) < 4.78 is 55.4. The van der Waals surface area contributed by atoms with E-state index in [4.69, 9.17) is 9.47 Å². The van der Waals surface area contributed by atoms with Gasteiger partial charge in [-0.1, -0.05) is 37.1 Å². The molecule has 3 aromatic rings. The monoisotopic (exact) mass is 718 g/mol. The molecule has 1 aliphatic heterocycles. The van der Waals surface area contributed by atoms with E-state index in [0.717, 1.165) is 16.8 Å². The number of aliphatic hydroxyl groups excluding tert-OH is 3. The average Bonchev–Trinajstić information content (AvgIpc) is 3.60. The van der Waals surface area contributed by atoms with E-state index in [2.05, 4.69) is 42.2 Å². The number of hydrogen-bond acceptors (Lipinski definition) is 8. The van der Waals surface area contributed by atoms with Gasteiger partial charge in [-0.3, -0.25) is 4.79 Å². The number of ether oxygens (including phenoxy) is 2. The van der Waals surface area contributed by atoms with Gasteiger partial charge in [0.05, 0.1) is 24.9 Å². The zero-order valence-corrected chi connectivity index (χ0v) is 25.3. The molecule has 0 unspecified atom stereocenters. The molecule has 0 radical (unpaired) electrons. The van der Waals surface area contributed by atoms with Crippen molar-refractivity contribution in [1.82, 2.24) is 15.0 Å². The molecule has 2 aromatic carbocycles.